The van der Waals surface area contributed by atoms with Crippen LogP contribution in [0.2, 0.25) is 10.0 Å². The van der Waals surface area contributed by atoms with Gasteiger partial charge in [0.1, 0.15) is 0 Å². The van der Waals surface area contributed by atoms with Gasteiger partial charge in [-0.15, -0.1) is 0 Å². The fourth-order valence-corrected chi connectivity index (χ4v) is 4.98. The van der Waals surface area contributed by atoms with E-state index in [0.29, 0.717) is 29.3 Å². The summed E-state index contributed by atoms with van der Waals surface area (Å²) in [4.78, 5) is 25.8. The second-order valence-corrected chi connectivity index (χ2v) is 8.82. The SMILES string of the molecule is O=C1CC(c2ccc3ccccc3c2)C2=C(CC(c3ccc(Cl)c(Cl)c3)CC2=O)N1. The summed E-state index contributed by atoms with van der Waals surface area (Å²) in [6.45, 7) is 0. The number of carbonyl (C=O) groups is 2. The predicted octanol–water partition coefficient (Wildman–Crippen LogP) is 6.15. The average molecular weight is 436 g/mol. The van der Waals surface area contributed by atoms with Gasteiger partial charge in [0.2, 0.25) is 5.91 Å². The van der Waals surface area contributed by atoms with E-state index in [4.69, 9.17) is 23.2 Å². The molecule has 0 saturated heterocycles. The van der Waals surface area contributed by atoms with E-state index in [1.807, 2.05) is 30.3 Å². The van der Waals surface area contributed by atoms with Crippen molar-refractivity contribution in [1.82, 2.24) is 5.32 Å². The average Bonchev–Trinajstić information content (AvgIpc) is 2.74. The molecule has 0 radical (unpaired) electrons. The first-order valence-electron chi connectivity index (χ1n) is 9.99. The van der Waals surface area contributed by atoms with E-state index in [0.717, 1.165) is 33.2 Å². The Kier molecular flexibility index (Phi) is 4.88. The summed E-state index contributed by atoms with van der Waals surface area (Å²) >= 11 is 12.2. The van der Waals surface area contributed by atoms with Crippen LogP contribution >= 0.6 is 23.2 Å². The van der Waals surface area contributed by atoms with Crippen LogP contribution in [-0.4, -0.2) is 11.7 Å². The summed E-state index contributed by atoms with van der Waals surface area (Å²) in [6, 6.07) is 19.8. The monoisotopic (exact) mass is 435 g/mol. The Morgan fingerprint density at radius 1 is 0.767 bits per heavy atom. The lowest BCUT2D eigenvalue weighted by Crippen LogP contribution is -2.38. The van der Waals surface area contributed by atoms with Crippen LogP contribution in [0.4, 0.5) is 0 Å². The smallest absolute Gasteiger partial charge is 0.225 e. The largest absolute Gasteiger partial charge is 0.329 e. The molecule has 1 N–H and O–H groups in total. The van der Waals surface area contributed by atoms with Crippen LogP contribution in [-0.2, 0) is 9.59 Å². The number of hydrogen-bond acceptors (Lipinski definition) is 2. The number of benzene rings is 3. The molecule has 1 amide bonds. The highest BCUT2D eigenvalue weighted by molar-refractivity contribution is 6.42. The summed E-state index contributed by atoms with van der Waals surface area (Å²) in [5.41, 5.74) is 3.47. The highest BCUT2D eigenvalue weighted by Gasteiger charge is 2.38. The lowest BCUT2D eigenvalue weighted by atomic mass is 9.73. The first-order valence-corrected chi connectivity index (χ1v) is 10.7. The molecule has 1 heterocycles. The van der Waals surface area contributed by atoms with E-state index >= 15 is 0 Å². The summed E-state index contributed by atoms with van der Waals surface area (Å²) in [5, 5.41) is 6.19. The number of fused-ring (bicyclic) bond motifs is 1. The van der Waals surface area contributed by atoms with Crippen LogP contribution in [0.1, 0.15) is 42.2 Å². The molecular formula is C25H19Cl2NO2. The lowest BCUT2D eigenvalue weighted by molar-refractivity contribution is -0.122. The molecule has 2 unspecified atom stereocenters. The van der Waals surface area contributed by atoms with Gasteiger partial charge in [0.25, 0.3) is 0 Å². The summed E-state index contributed by atoms with van der Waals surface area (Å²) in [5.74, 6) is -0.192. The van der Waals surface area contributed by atoms with Gasteiger partial charge >= 0.3 is 0 Å². The van der Waals surface area contributed by atoms with Gasteiger partial charge in [-0.2, -0.15) is 0 Å². The van der Waals surface area contributed by atoms with Gasteiger partial charge in [0.05, 0.1) is 10.0 Å². The molecule has 1 aliphatic heterocycles. The molecule has 3 nitrogen and oxygen atoms in total. The van der Waals surface area contributed by atoms with Crippen LogP contribution in [0.15, 0.2) is 71.9 Å². The summed E-state index contributed by atoms with van der Waals surface area (Å²) in [7, 11) is 0. The van der Waals surface area contributed by atoms with Crippen molar-refractivity contribution in [2.24, 2.45) is 0 Å². The zero-order chi connectivity index (χ0) is 20.8. The van der Waals surface area contributed by atoms with Crippen molar-refractivity contribution in [2.45, 2.75) is 31.1 Å². The van der Waals surface area contributed by atoms with Crippen LogP contribution in [0.3, 0.4) is 0 Å². The van der Waals surface area contributed by atoms with Crippen LogP contribution in [0, 0.1) is 0 Å². The van der Waals surface area contributed by atoms with Gasteiger partial charge in [-0.3, -0.25) is 9.59 Å². The van der Waals surface area contributed by atoms with Crippen molar-refractivity contribution in [3.63, 3.8) is 0 Å². The fraction of sp³-hybridized carbons (Fsp3) is 0.200. The number of allylic oxidation sites excluding steroid dienone is 2. The molecule has 5 heteroatoms. The number of halogens is 2. The first kappa shape index (κ1) is 19.3. The second kappa shape index (κ2) is 7.57. The van der Waals surface area contributed by atoms with E-state index < -0.39 is 0 Å². The topological polar surface area (TPSA) is 46.2 Å². The quantitative estimate of drug-likeness (QED) is 0.524. The normalized spacial score (nSPS) is 21.5. The van der Waals surface area contributed by atoms with E-state index in [1.54, 1.807) is 6.07 Å². The van der Waals surface area contributed by atoms with Crippen molar-refractivity contribution >= 4 is 45.7 Å². The molecule has 30 heavy (non-hydrogen) atoms. The highest BCUT2D eigenvalue weighted by atomic mass is 35.5. The Balaban J connectivity index is 1.54. The molecule has 2 aliphatic rings. The summed E-state index contributed by atoms with van der Waals surface area (Å²) < 4.78 is 0. The van der Waals surface area contributed by atoms with Gasteiger partial charge in [-0.1, -0.05) is 71.7 Å². The van der Waals surface area contributed by atoms with Crippen LogP contribution in [0.5, 0.6) is 0 Å². The number of nitrogens with one attached hydrogen (secondary N) is 1. The van der Waals surface area contributed by atoms with Crippen molar-refractivity contribution in [1.29, 1.82) is 0 Å². The maximum atomic E-state index is 13.2. The van der Waals surface area contributed by atoms with Gasteiger partial charge in [0.15, 0.2) is 5.78 Å². The standard InChI is InChI=1S/C25H19Cl2NO2/c26-20-8-7-16(10-21(20)27)18-11-22-25(23(29)12-18)19(13-24(30)28-22)17-6-5-14-3-1-2-4-15(14)9-17/h1-10,18-19H,11-13H2,(H,28,30). The Labute approximate surface area is 184 Å². The molecule has 3 aromatic rings. The Morgan fingerprint density at radius 2 is 1.53 bits per heavy atom. The zero-order valence-corrected chi connectivity index (χ0v) is 17.6. The summed E-state index contributed by atoms with van der Waals surface area (Å²) in [6.07, 6.45) is 1.30. The maximum absolute atomic E-state index is 13.2. The molecule has 0 saturated carbocycles. The lowest BCUT2D eigenvalue weighted by Gasteiger charge is -2.34. The molecule has 0 spiro atoms. The molecule has 0 fully saturated rings. The molecule has 2 atom stereocenters. The Bertz CT molecular complexity index is 1230. The third kappa shape index (κ3) is 3.42. The van der Waals surface area contributed by atoms with Crippen molar-refractivity contribution in [2.75, 3.05) is 0 Å². The molecule has 5 rings (SSSR count). The van der Waals surface area contributed by atoms with E-state index in [9.17, 15) is 9.59 Å². The molecule has 0 aromatic heterocycles. The van der Waals surface area contributed by atoms with E-state index in [2.05, 4.69) is 29.6 Å². The van der Waals surface area contributed by atoms with Gasteiger partial charge in [-0.25, -0.2) is 0 Å². The number of hydrogen-bond donors (Lipinski definition) is 1. The molecular weight excluding hydrogens is 417 g/mol. The van der Waals surface area contributed by atoms with Crippen molar-refractivity contribution < 1.29 is 9.59 Å². The first-order chi connectivity index (χ1) is 14.5. The molecule has 0 bridgehead atoms. The number of Topliss-reactive ketones (excluding diaryl/α,β-unsaturated/α-hetero) is 1. The molecule has 1 aliphatic carbocycles. The highest BCUT2D eigenvalue weighted by Crippen LogP contribution is 2.43. The number of ketones is 1. The molecule has 3 aromatic carbocycles. The van der Waals surface area contributed by atoms with Gasteiger partial charge in [-0.05, 0) is 46.4 Å². The van der Waals surface area contributed by atoms with Gasteiger partial charge in [0, 0.05) is 30.0 Å². The van der Waals surface area contributed by atoms with Crippen LogP contribution < -0.4 is 5.32 Å². The van der Waals surface area contributed by atoms with Gasteiger partial charge < -0.3 is 5.32 Å². The minimum Gasteiger partial charge on any atom is -0.329 e. The minimum atomic E-state index is -0.208. The third-order valence-electron chi connectivity index (χ3n) is 6.13. The minimum absolute atomic E-state index is 0.0262. The molecule has 150 valence electrons. The Hall–Kier alpha value is -2.62. The zero-order valence-electron chi connectivity index (χ0n) is 16.1. The van der Waals surface area contributed by atoms with E-state index in [1.165, 1.54) is 0 Å². The maximum Gasteiger partial charge on any atom is 0.225 e. The number of amides is 1. The van der Waals surface area contributed by atoms with Crippen LogP contribution in [0.25, 0.3) is 10.8 Å². The van der Waals surface area contributed by atoms with Crippen molar-refractivity contribution in [3.05, 3.63) is 93.1 Å². The Morgan fingerprint density at radius 3 is 2.33 bits per heavy atom. The third-order valence-corrected chi connectivity index (χ3v) is 6.87. The van der Waals surface area contributed by atoms with E-state index in [-0.39, 0.29) is 23.5 Å². The number of rotatable bonds is 2. The number of carbonyl (C=O) groups excluding carboxylic acids is 2. The fourth-order valence-electron chi connectivity index (χ4n) is 4.67. The predicted molar refractivity (Wildman–Crippen MR) is 120 cm³/mol. The second-order valence-electron chi connectivity index (χ2n) is 8.01. The van der Waals surface area contributed by atoms with Crippen molar-refractivity contribution in [3.8, 4) is 0 Å².